The van der Waals surface area contributed by atoms with E-state index in [-0.39, 0.29) is 17.4 Å². The molecule has 0 aromatic heterocycles. The van der Waals surface area contributed by atoms with Gasteiger partial charge in [0.1, 0.15) is 5.70 Å². The van der Waals surface area contributed by atoms with Crippen LogP contribution in [0.4, 0.5) is 5.69 Å². The number of carbonyl (C=O) groups is 3. The van der Waals surface area contributed by atoms with E-state index < -0.39 is 5.91 Å². The summed E-state index contributed by atoms with van der Waals surface area (Å²) in [5.74, 6) is -0.619. The maximum absolute atomic E-state index is 13.3. The minimum Gasteiger partial charge on any atom is -0.321 e. The summed E-state index contributed by atoms with van der Waals surface area (Å²) >= 11 is 0. The molecule has 5 nitrogen and oxygen atoms in total. The van der Waals surface area contributed by atoms with Crippen molar-refractivity contribution in [2.24, 2.45) is 0 Å². The van der Waals surface area contributed by atoms with Crippen molar-refractivity contribution in [3.8, 4) is 0 Å². The summed E-state index contributed by atoms with van der Waals surface area (Å²) in [4.78, 5) is 38.8. The molecule has 0 aliphatic rings. The lowest BCUT2D eigenvalue weighted by atomic mass is 10.0. The van der Waals surface area contributed by atoms with Crippen LogP contribution in [0.25, 0.3) is 12.2 Å². The van der Waals surface area contributed by atoms with Gasteiger partial charge in [0.2, 0.25) is 0 Å². The van der Waals surface area contributed by atoms with Gasteiger partial charge in [-0.25, -0.2) is 0 Å². The normalized spacial score (nSPS) is 11.4. The Morgan fingerprint density at radius 2 is 1.38 bits per heavy atom. The topological polar surface area (TPSA) is 75.3 Å². The summed E-state index contributed by atoms with van der Waals surface area (Å²) in [6.45, 7) is 6.22. The van der Waals surface area contributed by atoms with Gasteiger partial charge in [0, 0.05) is 16.8 Å². The number of aryl methyl sites for hydroxylation is 1. The van der Waals surface area contributed by atoms with Crippen LogP contribution in [-0.4, -0.2) is 17.6 Å². The van der Waals surface area contributed by atoms with Crippen molar-refractivity contribution < 1.29 is 14.4 Å². The van der Waals surface area contributed by atoms with Crippen LogP contribution < -0.4 is 10.6 Å². The van der Waals surface area contributed by atoms with Crippen LogP contribution in [-0.2, 0) is 4.79 Å². The number of nitrogens with one attached hydrogen (secondary N) is 2. The lowest BCUT2D eigenvalue weighted by Gasteiger charge is -2.12. The number of amides is 2. The van der Waals surface area contributed by atoms with E-state index in [4.69, 9.17) is 0 Å². The van der Waals surface area contributed by atoms with Gasteiger partial charge in [-0.1, -0.05) is 86.7 Å². The average molecular weight is 529 g/mol. The number of ketones is 1. The highest BCUT2D eigenvalue weighted by atomic mass is 16.2. The molecule has 0 unspecified atom stereocenters. The molecule has 2 amide bonds. The fourth-order valence-electron chi connectivity index (χ4n) is 4.04. The minimum atomic E-state index is -0.476. The highest BCUT2D eigenvalue weighted by molar-refractivity contribution is 6.11. The lowest BCUT2D eigenvalue weighted by molar-refractivity contribution is -0.113. The van der Waals surface area contributed by atoms with E-state index in [0.29, 0.717) is 22.7 Å². The Bertz CT molecular complexity index is 1550. The van der Waals surface area contributed by atoms with Crippen LogP contribution in [0.2, 0.25) is 0 Å². The highest BCUT2D eigenvalue weighted by Crippen LogP contribution is 2.18. The quantitative estimate of drug-likeness (QED) is 0.175. The van der Waals surface area contributed by atoms with E-state index in [2.05, 4.69) is 24.5 Å². The van der Waals surface area contributed by atoms with E-state index in [1.165, 1.54) is 5.56 Å². The first-order valence-electron chi connectivity index (χ1n) is 13.2. The van der Waals surface area contributed by atoms with Gasteiger partial charge in [-0.2, -0.15) is 0 Å². The zero-order chi connectivity index (χ0) is 28.5. The average Bonchev–Trinajstić information content (AvgIpc) is 2.97. The van der Waals surface area contributed by atoms with Crippen molar-refractivity contribution in [2.45, 2.75) is 26.7 Å². The maximum atomic E-state index is 13.3. The fraction of sp³-hybridized carbons (Fsp3) is 0.114. The Kier molecular flexibility index (Phi) is 9.21. The molecule has 40 heavy (non-hydrogen) atoms. The Morgan fingerprint density at radius 1 is 0.725 bits per heavy atom. The van der Waals surface area contributed by atoms with E-state index in [1.54, 1.807) is 66.8 Å². The summed E-state index contributed by atoms with van der Waals surface area (Å²) < 4.78 is 0. The monoisotopic (exact) mass is 528 g/mol. The summed E-state index contributed by atoms with van der Waals surface area (Å²) in [5, 5.41) is 5.58. The second kappa shape index (κ2) is 13.2. The molecule has 0 saturated heterocycles. The minimum absolute atomic E-state index is 0.104. The van der Waals surface area contributed by atoms with Gasteiger partial charge < -0.3 is 10.6 Å². The summed E-state index contributed by atoms with van der Waals surface area (Å²) in [6, 6.07) is 31.1. The molecule has 2 N–H and O–H groups in total. The van der Waals surface area contributed by atoms with Crippen molar-refractivity contribution in [3.05, 3.63) is 148 Å². The fourth-order valence-corrected chi connectivity index (χ4v) is 4.04. The van der Waals surface area contributed by atoms with Crippen LogP contribution in [0, 0.1) is 6.92 Å². The van der Waals surface area contributed by atoms with Crippen molar-refractivity contribution in [3.63, 3.8) is 0 Å². The van der Waals surface area contributed by atoms with Gasteiger partial charge >= 0.3 is 0 Å². The Hall–Kier alpha value is -5.03. The third-order valence-corrected chi connectivity index (χ3v) is 6.47. The zero-order valence-corrected chi connectivity index (χ0v) is 22.8. The van der Waals surface area contributed by atoms with Crippen molar-refractivity contribution in [1.29, 1.82) is 0 Å². The largest absolute Gasteiger partial charge is 0.321 e. The molecular weight excluding hydrogens is 496 g/mol. The van der Waals surface area contributed by atoms with Crippen LogP contribution in [0.5, 0.6) is 0 Å². The van der Waals surface area contributed by atoms with Crippen LogP contribution in [0.3, 0.4) is 0 Å². The molecule has 0 saturated carbocycles. The molecule has 5 heteroatoms. The van der Waals surface area contributed by atoms with Crippen molar-refractivity contribution in [1.82, 2.24) is 5.32 Å². The van der Waals surface area contributed by atoms with Gasteiger partial charge in [0.05, 0.1) is 0 Å². The predicted octanol–water partition coefficient (Wildman–Crippen LogP) is 7.42. The molecule has 0 spiro atoms. The Labute approximate surface area is 235 Å². The van der Waals surface area contributed by atoms with Crippen LogP contribution in [0.15, 0.2) is 115 Å². The van der Waals surface area contributed by atoms with E-state index in [0.717, 1.165) is 16.7 Å². The third kappa shape index (κ3) is 7.51. The second-order valence-electron chi connectivity index (χ2n) is 9.79. The number of rotatable bonds is 9. The number of benzene rings is 4. The molecule has 4 aromatic carbocycles. The van der Waals surface area contributed by atoms with Crippen molar-refractivity contribution >= 4 is 35.4 Å². The summed E-state index contributed by atoms with van der Waals surface area (Å²) in [7, 11) is 0. The standard InChI is InChI=1S/C35H32N2O3/c1-24(2)27-15-13-26(14-16-27)23-32(37-34(39)30-11-5-4-6-12-30)35(40)36-31-20-17-29(18-21-31)33(38)22-19-28-10-8-7-9-25(28)3/h4-24H,1-3H3,(H,36,40)(H,37,39)/b22-19+,32-23-. The van der Waals surface area contributed by atoms with Crippen LogP contribution in [0.1, 0.15) is 62.7 Å². The molecule has 4 rings (SSSR count). The molecule has 0 fully saturated rings. The van der Waals surface area contributed by atoms with Crippen LogP contribution >= 0.6 is 0 Å². The second-order valence-corrected chi connectivity index (χ2v) is 9.79. The Balaban J connectivity index is 1.51. The van der Waals surface area contributed by atoms with Gasteiger partial charge in [-0.05, 0) is 83.6 Å². The predicted molar refractivity (Wildman–Crippen MR) is 162 cm³/mol. The molecule has 4 aromatic rings. The van der Waals surface area contributed by atoms with Gasteiger partial charge in [0.15, 0.2) is 5.78 Å². The maximum Gasteiger partial charge on any atom is 0.272 e. The summed E-state index contributed by atoms with van der Waals surface area (Å²) in [6.07, 6.45) is 4.99. The number of hydrogen-bond donors (Lipinski definition) is 2. The molecular formula is C35H32N2O3. The first-order valence-corrected chi connectivity index (χ1v) is 13.2. The third-order valence-electron chi connectivity index (χ3n) is 6.47. The number of hydrogen-bond acceptors (Lipinski definition) is 3. The first kappa shape index (κ1) is 28.0. The van der Waals surface area contributed by atoms with E-state index >= 15 is 0 Å². The smallest absolute Gasteiger partial charge is 0.272 e. The molecule has 0 atom stereocenters. The highest BCUT2D eigenvalue weighted by Gasteiger charge is 2.15. The zero-order valence-electron chi connectivity index (χ0n) is 22.8. The SMILES string of the molecule is Cc1ccccc1/C=C/C(=O)c1ccc(NC(=O)/C(=C/c2ccc(C(C)C)cc2)NC(=O)c2ccccc2)cc1. The number of anilines is 1. The molecule has 0 radical (unpaired) electrons. The van der Waals surface area contributed by atoms with Gasteiger partial charge in [-0.15, -0.1) is 0 Å². The Morgan fingerprint density at radius 3 is 2.02 bits per heavy atom. The number of allylic oxidation sites excluding steroid dienone is 1. The molecule has 0 aliphatic heterocycles. The van der Waals surface area contributed by atoms with E-state index in [1.807, 2.05) is 61.5 Å². The first-order chi connectivity index (χ1) is 19.3. The lowest BCUT2D eigenvalue weighted by Crippen LogP contribution is -2.30. The summed E-state index contributed by atoms with van der Waals surface area (Å²) in [5.41, 5.74) is 5.58. The number of carbonyl (C=O) groups excluding carboxylic acids is 3. The van der Waals surface area contributed by atoms with Gasteiger partial charge in [0.25, 0.3) is 11.8 Å². The van der Waals surface area contributed by atoms with E-state index in [9.17, 15) is 14.4 Å². The molecule has 0 aliphatic carbocycles. The molecule has 200 valence electrons. The molecule has 0 heterocycles. The van der Waals surface area contributed by atoms with Crippen molar-refractivity contribution in [2.75, 3.05) is 5.32 Å². The van der Waals surface area contributed by atoms with Gasteiger partial charge in [-0.3, -0.25) is 14.4 Å². The molecule has 0 bridgehead atoms.